The van der Waals surface area contributed by atoms with E-state index in [1.807, 2.05) is 13.8 Å². The molecule has 0 saturated heterocycles. The Kier molecular flexibility index (Phi) is 4.58. The largest absolute Gasteiger partial charge is 0.303 e. The summed E-state index contributed by atoms with van der Waals surface area (Å²) in [5.41, 5.74) is 0.684. The number of halogens is 2. The number of carbonyl (C=O) groups is 1. The molecule has 0 spiro atoms. The van der Waals surface area contributed by atoms with Gasteiger partial charge in [-0.15, -0.1) is 5.10 Å². The summed E-state index contributed by atoms with van der Waals surface area (Å²) in [4.78, 5) is 20.8. The highest BCUT2D eigenvalue weighted by Crippen LogP contribution is 2.23. The number of nitrogens with one attached hydrogen (secondary N) is 1. The van der Waals surface area contributed by atoms with Crippen LogP contribution in [-0.2, 0) is 0 Å². The van der Waals surface area contributed by atoms with Gasteiger partial charge in [0.1, 0.15) is 14.1 Å². The minimum Gasteiger partial charge on any atom is -0.303 e. The van der Waals surface area contributed by atoms with Gasteiger partial charge in [-0.2, -0.15) is 0 Å². The first-order valence-electron chi connectivity index (χ1n) is 5.30. The number of hydrogen-bond donors (Lipinski definition) is 1. The van der Waals surface area contributed by atoms with E-state index in [1.54, 1.807) is 0 Å². The van der Waals surface area contributed by atoms with Gasteiger partial charge in [0.15, 0.2) is 5.82 Å². The molecule has 100 valence electrons. The second-order valence-corrected chi connectivity index (χ2v) is 6.25. The summed E-state index contributed by atoms with van der Waals surface area (Å²) >= 11 is 7.51. The van der Waals surface area contributed by atoms with E-state index in [0.717, 1.165) is 11.5 Å². The normalized spacial score (nSPS) is 10.8. The van der Waals surface area contributed by atoms with Gasteiger partial charge in [0.05, 0.1) is 11.9 Å². The molecule has 0 atom stereocenters. The van der Waals surface area contributed by atoms with Crippen LogP contribution in [-0.4, -0.2) is 25.5 Å². The van der Waals surface area contributed by atoms with E-state index in [2.05, 4.69) is 56.7 Å². The highest BCUT2D eigenvalue weighted by atomic mass is 79.9. The van der Waals surface area contributed by atoms with Crippen LogP contribution in [0.1, 0.15) is 35.1 Å². The molecule has 0 aliphatic carbocycles. The van der Waals surface area contributed by atoms with Crippen LogP contribution in [0.5, 0.6) is 0 Å². The molecule has 0 aliphatic rings. The Labute approximate surface area is 130 Å². The molecule has 0 saturated carbocycles. The Morgan fingerprint density at radius 3 is 2.79 bits per heavy atom. The topological polar surface area (TPSA) is 80.7 Å². The van der Waals surface area contributed by atoms with E-state index in [4.69, 9.17) is 0 Å². The Bertz CT molecular complexity index is 616. The zero-order chi connectivity index (χ0) is 14.0. The third-order valence-electron chi connectivity index (χ3n) is 2.20. The molecule has 0 unspecified atom stereocenters. The number of rotatable bonds is 3. The molecule has 19 heavy (non-hydrogen) atoms. The fraction of sp³-hybridized carbons (Fsp3) is 0.300. The van der Waals surface area contributed by atoms with Crippen molar-refractivity contribution in [1.82, 2.24) is 19.6 Å². The van der Waals surface area contributed by atoms with Crippen molar-refractivity contribution in [2.24, 2.45) is 0 Å². The molecule has 0 fully saturated rings. The third-order valence-corrected chi connectivity index (χ3v) is 3.87. The molecular weight excluding hydrogens is 398 g/mol. The summed E-state index contributed by atoms with van der Waals surface area (Å²) in [6.07, 6.45) is 1.51. The number of carbonyl (C=O) groups excluding carboxylic acids is 1. The van der Waals surface area contributed by atoms with E-state index >= 15 is 0 Å². The van der Waals surface area contributed by atoms with Crippen molar-refractivity contribution in [3.8, 4) is 0 Å². The first-order valence-corrected chi connectivity index (χ1v) is 7.66. The van der Waals surface area contributed by atoms with Crippen molar-refractivity contribution in [3.63, 3.8) is 0 Å². The van der Waals surface area contributed by atoms with E-state index in [1.165, 1.54) is 6.20 Å². The van der Waals surface area contributed by atoms with Gasteiger partial charge in [-0.3, -0.25) is 4.79 Å². The standard InChI is InChI=1S/C10H9Br2N5OS/c1-4(2)6-7(19-17-16-6)10(18)15-9-8(12)14-5(11)3-13-9/h3-4H,1-2H3,(H,13,15,18). The molecule has 0 aliphatic heterocycles. The van der Waals surface area contributed by atoms with Gasteiger partial charge in [0, 0.05) is 0 Å². The van der Waals surface area contributed by atoms with Crippen LogP contribution < -0.4 is 5.32 Å². The Balaban J connectivity index is 2.23. The van der Waals surface area contributed by atoms with Crippen LogP contribution >= 0.6 is 43.4 Å². The fourth-order valence-corrected chi connectivity index (χ4v) is 2.95. The van der Waals surface area contributed by atoms with Crippen LogP contribution in [0, 0.1) is 0 Å². The lowest BCUT2D eigenvalue weighted by atomic mass is 10.1. The monoisotopic (exact) mass is 405 g/mol. The minimum absolute atomic E-state index is 0.138. The van der Waals surface area contributed by atoms with Gasteiger partial charge < -0.3 is 5.32 Å². The number of nitrogens with zero attached hydrogens (tertiary/aromatic N) is 4. The molecule has 9 heteroatoms. The maximum Gasteiger partial charge on any atom is 0.270 e. The number of aromatic nitrogens is 4. The molecule has 1 N–H and O–H groups in total. The van der Waals surface area contributed by atoms with Crippen LogP contribution in [0.15, 0.2) is 15.4 Å². The third kappa shape index (κ3) is 3.34. The number of hydrogen-bond acceptors (Lipinski definition) is 6. The lowest BCUT2D eigenvalue weighted by Crippen LogP contribution is -2.14. The van der Waals surface area contributed by atoms with Gasteiger partial charge in [-0.1, -0.05) is 18.3 Å². The predicted octanol–water partition coefficient (Wildman–Crippen LogP) is 3.23. The second kappa shape index (κ2) is 6.02. The molecule has 6 nitrogen and oxygen atoms in total. The zero-order valence-electron chi connectivity index (χ0n) is 10.0. The lowest BCUT2D eigenvalue weighted by molar-refractivity contribution is 0.102. The Hall–Kier alpha value is -0.930. The molecule has 1 amide bonds. The Morgan fingerprint density at radius 2 is 2.16 bits per heavy atom. The fourth-order valence-electron chi connectivity index (χ4n) is 1.33. The van der Waals surface area contributed by atoms with E-state index in [-0.39, 0.29) is 11.8 Å². The highest BCUT2D eigenvalue weighted by Gasteiger charge is 2.20. The first kappa shape index (κ1) is 14.5. The molecule has 0 bridgehead atoms. The summed E-state index contributed by atoms with van der Waals surface area (Å²) < 4.78 is 4.86. The van der Waals surface area contributed by atoms with Crippen LogP contribution in [0.3, 0.4) is 0 Å². The predicted molar refractivity (Wildman–Crippen MR) is 79.4 cm³/mol. The summed E-state index contributed by atoms with van der Waals surface area (Å²) in [5, 5.41) is 6.65. The van der Waals surface area contributed by atoms with Crippen molar-refractivity contribution in [2.75, 3.05) is 5.32 Å². The summed E-state index contributed by atoms with van der Waals surface area (Å²) in [5.74, 6) is 0.214. The van der Waals surface area contributed by atoms with Crippen molar-refractivity contribution < 1.29 is 4.79 Å². The average Bonchev–Trinajstić information content (AvgIpc) is 2.82. The van der Waals surface area contributed by atoms with Gasteiger partial charge in [0.25, 0.3) is 5.91 Å². The van der Waals surface area contributed by atoms with Gasteiger partial charge in [-0.25, -0.2) is 9.97 Å². The summed E-state index contributed by atoms with van der Waals surface area (Å²) in [7, 11) is 0. The smallest absolute Gasteiger partial charge is 0.270 e. The van der Waals surface area contributed by atoms with Crippen LogP contribution in [0.4, 0.5) is 5.82 Å². The first-order chi connectivity index (χ1) is 8.99. The molecule has 2 heterocycles. The van der Waals surface area contributed by atoms with Gasteiger partial charge in [0.2, 0.25) is 0 Å². The molecular formula is C10H9Br2N5OS. The maximum absolute atomic E-state index is 12.2. The number of amides is 1. The molecule has 0 radical (unpaired) electrons. The second-order valence-electron chi connectivity index (χ2n) is 3.93. The van der Waals surface area contributed by atoms with Crippen molar-refractivity contribution in [2.45, 2.75) is 19.8 Å². The molecule has 2 aromatic rings. The highest BCUT2D eigenvalue weighted by molar-refractivity contribution is 9.11. The van der Waals surface area contributed by atoms with Crippen molar-refractivity contribution in [3.05, 3.63) is 26.0 Å². The number of anilines is 1. The zero-order valence-corrected chi connectivity index (χ0v) is 14.0. The van der Waals surface area contributed by atoms with Gasteiger partial charge >= 0.3 is 0 Å². The quantitative estimate of drug-likeness (QED) is 0.846. The molecule has 2 rings (SSSR count). The maximum atomic E-state index is 12.2. The Morgan fingerprint density at radius 1 is 1.42 bits per heavy atom. The summed E-state index contributed by atoms with van der Waals surface area (Å²) in [6.45, 7) is 3.92. The lowest BCUT2D eigenvalue weighted by Gasteiger charge is -2.06. The van der Waals surface area contributed by atoms with E-state index in [0.29, 0.717) is 25.6 Å². The summed E-state index contributed by atoms with van der Waals surface area (Å²) in [6, 6.07) is 0. The van der Waals surface area contributed by atoms with Crippen LogP contribution in [0.25, 0.3) is 0 Å². The van der Waals surface area contributed by atoms with E-state index in [9.17, 15) is 4.79 Å². The van der Waals surface area contributed by atoms with Crippen LogP contribution in [0.2, 0.25) is 0 Å². The minimum atomic E-state index is -0.281. The average molecular weight is 407 g/mol. The van der Waals surface area contributed by atoms with Crippen molar-refractivity contribution in [1.29, 1.82) is 0 Å². The molecule has 2 aromatic heterocycles. The SMILES string of the molecule is CC(C)c1nnsc1C(=O)Nc1ncc(Br)nc1Br. The molecule has 0 aromatic carbocycles. The van der Waals surface area contributed by atoms with Crippen molar-refractivity contribution >= 4 is 55.1 Å². The van der Waals surface area contributed by atoms with Gasteiger partial charge in [-0.05, 0) is 49.3 Å². The van der Waals surface area contributed by atoms with E-state index < -0.39 is 0 Å².